The number of rotatable bonds is 8. The van der Waals surface area contributed by atoms with E-state index >= 15 is 0 Å². The summed E-state index contributed by atoms with van der Waals surface area (Å²) >= 11 is 0. The average molecular weight is 481 g/mol. The summed E-state index contributed by atoms with van der Waals surface area (Å²) in [5.74, 6) is -2.39. The van der Waals surface area contributed by atoms with Crippen molar-refractivity contribution >= 4 is 23.7 Å². The van der Waals surface area contributed by atoms with E-state index in [1.165, 1.54) is 6.07 Å². The number of alkyl carbamates (subject to hydrolysis) is 1. The highest BCUT2D eigenvalue weighted by Crippen LogP contribution is 2.44. The van der Waals surface area contributed by atoms with Gasteiger partial charge in [0.15, 0.2) is 0 Å². The predicted octanol–water partition coefficient (Wildman–Crippen LogP) is 4.28. The molecule has 0 radical (unpaired) electrons. The SMILES string of the molecule is O=C(NC(CC(F)F)C(=O)Nc1ccc(C(=O)O)nc1)OCC1c2ccccc2-c2ccccc21. The number of alkyl halides is 2. The first-order chi connectivity index (χ1) is 16.8. The van der Waals surface area contributed by atoms with Crippen molar-refractivity contribution < 1.29 is 33.0 Å². The standard InChI is InChI=1S/C25H21F2N3O5/c26-22(27)11-21(23(31)29-14-9-10-20(24(32)33)28-12-14)30-25(34)35-13-19-17-7-3-1-5-15(17)16-6-2-4-8-18(16)19/h1-10,12,19,21-22H,11,13H2,(H,29,31)(H,30,34)(H,32,33). The maximum atomic E-state index is 13.1. The van der Waals surface area contributed by atoms with Crippen LogP contribution in [0.2, 0.25) is 0 Å². The van der Waals surface area contributed by atoms with Crippen molar-refractivity contribution in [2.24, 2.45) is 0 Å². The van der Waals surface area contributed by atoms with Gasteiger partial charge in [-0.2, -0.15) is 0 Å². The molecular weight excluding hydrogens is 460 g/mol. The first-order valence-electron chi connectivity index (χ1n) is 10.7. The molecule has 0 saturated carbocycles. The molecule has 4 rings (SSSR count). The lowest BCUT2D eigenvalue weighted by Crippen LogP contribution is -2.45. The second-order valence-corrected chi connectivity index (χ2v) is 7.88. The predicted molar refractivity (Wildman–Crippen MR) is 122 cm³/mol. The zero-order valence-electron chi connectivity index (χ0n) is 18.3. The zero-order valence-corrected chi connectivity index (χ0v) is 18.3. The minimum Gasteiger partial charge on any atom is -0.477 e. The molecule has 0 bridgehead atoms. The summed E-state index contributed by atoms with van der Waals surface area (Å²) in [4.78, 5) is 39.5. The van der Waals surface area contributed by atoms with Crippen LogP contribution in [-0.4, -0.2) is 47.1 Å². The summed E-state index contributed by atoms with van der Waals surface area (Å²) in [6.45, 7) is -0.0382. The van der Waals surface area contributed by atoms with E-state index in [9.17, 15) is 23.2 Å². The van der Waals surface area contributed by atoms with Crippen molar-refractivity contribution in [2.75, 3.05) is 11.9 Å². The maximum absolute atomic E-state index is 13.1. The van der Waals surface area contributed by atoms with Gasteiger partial charge in [-0.05, 0) is 34.4 Å². The molecule has 2 amide bonds. The summed E-state index contributed by atoms with van der Waals surface area (Å²) in [5, 5.41) is 13.4. The number of hydrogen-bond donors (Lipinski definition) is 3. The third-order valence-corrected chi connectivity index (χ3v) is 5.62. The molecule has 10 heteroatoms. The number of fused-ring (bicyclic) bond motifs is 3. The Kier molecular flexibility index (Phi) is 7.00. The fourth-order valence-corrected chi connectivity index (χ4v) is 4.02. The van der Waals surface area contributed by atoms with E-state index in [4.69, 9.17) is 9.84 Å². The monoisotopic (exact) mass is 481 g/mol. The van der Waals surface area contributed by atoms with Crippen LogP contribution >= 0.6 is 0 Å². The minimum atomic E-state index is -2.87. The summed E-state index contributed by atoms with van der Waals surface area (Å²) in [6, 6.07) is 16.3. The van der Waals surface area contributed by atoms with Gasteiger partial charge in [0.1, 0.15) is 18.3 Å². The number of aromatic carboxylic acids is 1. The average Bonchev–Trinajstić information content (AvgIpc) is 3.16. The number of amides is 2. The molecule has 0 saturated heterocycles. The molecule has 1 heterocycles. The lowest BCUT2D eigenvalue weighted by atomic mass is 9.98. The summed E-state index contributed by atoms with van der Waals surface area (Å²) < 4.78 is 31.5. The second kappa shape index (κ2) is 10.3. The third-order valence-electron chi connectivity index (χ3n) is 5.62. The first kappa shape index (κ1) is 23.8. The Labute approximate surface area is 199 Å². The van der Waals surface area contributed by atoms with Gasteiger partial charge in [-0.15, -0.1) is 0 Å². The lowest BCUT2D eigenvalue weighted by Gasteiger charge is -2.19. The molecule has 8 nitrogen and oxygen atoms in total. The second-order valence-electron chi connectivity index (χ2n) is 7.88. The van der Waals surface area contributed by atoms with Crippen molar-refractivity contribution in [3.8, 4) is 11.1 Å². The molecule has 3 aromatic rings. The van der Waals surface area contributed by atoms with Crippen molar-refractivity contribution in [3.63, 3.8) is 0 Å². The smallest absolute Gasteiger partial charge is 0.407 e. The van der Waals surface area contributed by atoms with Crippen LogP contribution in [0.1, 0.15) is 34.0 Å². The molecule has 1 unspecified atom stereocenters. The number of nitrogens with zero attached hydrogens (tertiary/aromatic N) is 1. The highest BCUT2D eigenvalue weighted by atomic mass is 19.3. The molecule has 35 heavy (non-hydrogen) atoms. The number of pyridine rings is 1. The van der Waals surface area contributed by atoms with Crippen LogP contribution in [0.15, 0.2) is 66.9 Å². The molecule has 3 N–H and O–H groups in total. The fraction of sp³-hybridized carbons (Fsp3) is 0.200. The van der Waals surface area contributed by atoms with Crippen LogP contribution in [0.3, 0.4) is 0 Å². The van der Waals surface area contributed by atoms with Crippen LogP contribution in [0.25, 0.3) is 11.1 Å². The number of carbonyl (C=O) groups excluding carboxylic acids is 2. The Morgan fingerprint density at radius 1 is 0.971 bits per heavy atom. The Bertz CT molecular complexity index is 1200. The number of aromatic nitrogens is 1. The topological polar surface area (TPSA) is 118 Å². The molecule has 0 aliphatic heterocycles. The molecular formula is C25H21F2N3O5. The Morgan fingerprint density at radius 3 is 2.14 bits per heavy atom. The summed E-state index contributed by atoms with van der Waals surface area (Å²) in [6.07, 6.45) is -3.73. The minimum absolute atomic E-state index is 0.0382. The van der Waals surface area contributed by atoms with E-state index < -0.39 is 36.9 Å². The van der Waals surface area contributed by atoms with Crippen LogP contribution in [0, 0.1) is 0 Å². The van der Waals surface area contributed by atoms with Gasteiger partial charge in [0.25, 0.3) is 0 Å². The molecule has 2 aromatic carbocycles. The third kappa shape index (κ3) is 5.43. The van der Waals surface area contributed by atoms with E-state index in [0.717, 1.165) is 34.5 Å². The van der Waals surface area contributed by atoms with E-state index in [-0.39, 0.29) is 23.9 Å². The van der Waals surface area contributed by atoms with E-state index in [1.807, 2.05) is 48.5 Å². The van der Waals surface area contributed by atoms with Gasteiger partial charge in [-0.1, -0.05) is 48.5 Å². The van der Waals surface area contributed by atoms with E-state index in [2.05, 4.69) is 15.6 Å². The quantitative estimate of drug-likeness (QED) is 0.442. The summed E-state index contributed by atoms with van der Waals surface area (Å²) in [7, 11) is 0. The Morgan fingerprint density at radius 2 is 1.60 bits per heavy atom. The number of halogens is 2. The summed E-state index contributed by atoms with van der Waals surface area (Å²) in [5.41, 5.74) is 3.89. The van der Waals surface area contributed by atoms with Gasteiger partial charge in [-0.25, -0.2) is 23.4 Å². The number of carboxylic acids is 1. The van der Waals surface area contributed by atoms with Crippen LogP contribution in [0.5, 0.6) is 0 Å². The molecule has 0 spiro atoms. The van der Waals surface area contributed by atoms with Crippen molar-refractivity contribution in [3.05, 3.63) is 83.7 Å². The number of nitrogens with one attached hydrogen (secondary N) is 2. The molecule has 1 atom stereocenters. The number of anilines is 1. The highest BCUT2D eigenvalue weighted by Gasteiger charge is 2.30. The number of benzene rings is 2. The van der Waals surface area contributed by atoms with Gasteiger partial charge in [0, 0.05) is 12.3 Å². The number of hydrogen-bond acceptors (Lipinski definition) is 5. The molecule has 180 valence electrons. The molecule has 1 aliphatic carbocycles. The van der Waals surface area contributed by atoms with Crippen molar-refractivity contribution in [1.29, 1.82) is 0 Å². The Hall–Kier alpha value is -4.34. The van der Waals surface area contributed by atoms with Crippen LogP contribution in [-0.2, 0) is 9.53 Å². The molecule has 0 fully saturated rings. The Balaban J connectivity index is 1.41. The van der Waals surface area contributed by atoms with Crippen LogP contribution < -0.4 is 10.6 Å². The number of carbonyl (C=O) groups is 3. The number of ether oxygens (including phenoxy) is 1. The maximum Gasteiger partial charge on any atom is 0.407 e. The van der Waals surface area contributed by atoms with E-state index in [0.29, 0.717) is 0 Å². The number of carboxylic acid groups (broad SMARTS) is 1. The lowest BCUT2D eigenvalue weighted by molar-refractivity contribution is -0.119. The van der Waals surface area contributed by atoms with Crippen LogP contribution in [0.4, 0.5) is 19.3 Å². The van der Waals surface area contributed by atoms with E-state index in [1.54, 1.807) is 0 Å². The first-order valence-corrected chi connectivity index (χ1v) is 10.7. The van der Waals surface area contributed by atoms with Crippen molar-refractivity contribution in [2.45, 2.75) is 24.8 Å². The van der Waals surface area contributed by atoms with Gasteiger partial charge in [0.2, 0.25) is 12.3 Å². The van der Waals surface area contributed by atoms with Crippen molar-refractivity contribution in [1.82, 2.24) is 10.3 Å². The zero-order chi connectivity index (χ0) is 24.9. The largest absolute Gasteiger partial charge is 0.477 e. The normalized spacial score (nSPS) is 13.0. The van der Waals surface area contributed by atoms with Gasteiger partial charge >= 0.3 is 12.1 Å². The van der Waals surface area contributed by atoms with Gasteiger partial charge < -0.3 is 20.5 Å². The highest BCUT2D eigenvalue weighted by molar-refractivity contribution is 5.96. The van der Waals surface area contributed by atoms with Gasteiger partial charge in [0.05, 0.1) is 11.9 Å². The van der Waals surface area contributed by atoms with Gasteiger partial charge in [-0.3, -0.25) is 4.79 Å². The fourth-order valence-electron chi connectivity index (χ4n) is 4.02. The molecule has 1 aliphatic rings. The molecule has 1 aromatic heterocycles.